The molecule has 0 atom stereocenters. The maximum atomic E-state index is 10.8. The molecule has 1 aromatic rings. The lowest BCUT2D eigenvalue weighted by atomic mass is 10.2. The lowest BCUT2D eigenvalue weighted by Gasteiger charge is -2.02. The molecule has 0 saturated carbocycles. The van der Waals surface area contributed by atoms with Crippen LogP contribution >= 0.6 is 0 Å². The summed E-state index contributed by atoms with van der Waals surface area (Å²) >= 11 is 0. The largest absolute Gasteiger partial charge is 0.383 e. The summed E-state index contributed by atoms with van der Waals surface area (Å²) in [5, 5.41) is 5.62. The third-order valence-electron chi connectivity index (χ3n) is 1.58. The summed E-state index contributed by atoms with van der Waals surface area (Å²) in [6, 6.07) is 5.82. The third-order valence-corrected chi connectivity index (χ3v) is 2.59. The van der Waals surface area contributed by atoms with Crippen LogP contribution in [0.3, 0.4) is 0 Å². The van der Waals surface area contributed by atoms with Crippen molar-refractivity contribution in [3.8, 4) is 5.75 Å². The van der Waals surface area contributed by atoms with Gasteiger partial charge in [0.05, 0.1) is 6.26 Å². The van der Waals surface area contributed by atoms with E-state index in [1.807, 2.05) is 0 Å². The van der Waals surface area contributed by atoms with Crippen LogP contribution < -0.4 is 9.32 Å². The van der Waals surface area contributed by atoms with Crippen LogP contribution in [0.5, 0.6) is 5.75 Å². The van der Waals surface area contributed by atoms with Gasteiger partial charge in [0.2, 0.25) is 10.0 Å². The molecule has 0 bridgehead atoms. The highest BCUT2D eigenvalue weighted by Gasteiger charge is 2.03. The smallest absolute Gasteiger partial charge is 0.306 e. The average molecular weight is 277 g/mol. The molecule has 0 radical (unpaired) electrons. The number of hydrogen-bond acceptors (Lipinski definition) is 5. The Kier molecular flexibility index (Phi) is 3.91. The highest BCUT2D eigenvalue weighted by Crippen LogP contribution is 2.14. The number of sulfonamides is 1. The van der Waals surface area contributed by atoms with Gasteiger partial charge in [0.1, 0.15) is 5.75 Å². The summed E-state index contributed by atoms with van der Waals surface area (Å²) in [4.78, 5) is 0. The van der Waals surface area contributed by atoms with Gasteiger partial charge in [-0.1, -0.05) is 12.1 Å². The predicted molar refractivity (Wildman–Crippen MR) is 64.1 cm³/mol. The van der Waals surface area contributed by atoms with E-state index in [9.17, 15) is 16.8 Å². The molecule has 0 saturated heterocycles. The molecule has 2 N–H and O–H groups in total. The van der Waals surface area contributed by atoms with Crippen LogP contribution in [-0.4, -0.2) is 23.1 Å². The second-order valence-electron chi connectivity index (χ2n) is 3.25. The van der Waals surface area contributed by atoms with E-state index >= 15 is 0 Å². The maximum Gasteiger partial charge on any atom is 0.306 e. The van der Waals surface area contributed by atoms with Crippen molar-refractivity contribution in [2.24, 2.45) is 5.14 Å². The molecule has 0 spiro atoms. The summed E-state index contributed by atoms with van der Waals surface area (Å²) in [6.07, 6.45) is 2.22. The topological polar surface area (TPSA) is 104 Å². The molecule has 1 aromatic carbocycles. The molecule has 1 rings (SSSR count). The lowest BCUT2D eigenvalue weighted by Crippen LogP contribution is -2.06. The zero-order chi connectivity index (χ0) is 13.1. The zero-order valence-corrected chi connectivity index (χ0v) is 10.5. The van der Waals surface area contributed by atoms with E-state index in [0.717, 1.165) is 11.7 Å². The predicted octanol–water partition coefficient (Wildman–Crippen LogP) is 0.284. The fourth-order valence-electron chi connectivity index (χ4n) is 0.983. The highest BCUT2D eigenvalue weighted by atomic mass is 32.2. The Balaban J connectivity index is 2.86. The lowest BCUT2D eigenvalue weighted by molar-refractivity contribution is 0.493. The first-order valence-electron chi connectivity index (χ1n) is 4.36. The normalized spacial score (nSPS) is 12.8. The number of primary sulfonamides is 1. The van der Waals surface area contributed by atoms with Gasteiger partial charge in [0, 0.05) is 5.41 Å². The highest BCUT2D eigenvalue weighted by molar-refractivity contribution is 7.92. The minimum absolute atomic E-state index is 0.153. The molecule has 0 aliphatic rings. The molecule has 17 heavy (non-hydrogen) atoms. The van der Waals surface area contributed by atoms with E-state index in [4.69, 9.17) is 5.14 Å². The number of hydrogen-bond donors (Lipinski definition) is 1. The van der Waals surface area contributed by atoms with E-state index < -0.39 is 20.1 Å². The summed E-state index contributed by atoms with van der Waals surface area (Å²) < 4.78 is 47.5. The number of nitrogens with two attached hydrogens (primary N) is 1. The number of rotatable bonds is 4. The molecule has 8 heteroatoms. The molecule has 0 heterocycles. The average Bonchev–Trinajstić information content (AvgIpc) is 2.13. The molecular weight excluding hydrogens is 266 g/mol. The minimum atomic E-state index is -3.67. The molecule has 0 amide bonds. The van der Waals surface area contributed by atoms with Gasteiger partial charge in [-0.15, -0.1) is 0 Å². The molecule has 94 valence electrons. The quantitative estimate of drug-likeness (QED) is 0.796. The van der Waals surface area contributed by atoms with E-state index in [1.165, 1.54) is 30.3 Å². The monoisotopic (exact) mass is 277 g/mol. The van der Waals surface area contributed by atoms with Crippen molar-refractivity contribution in [1.82, 2.24) is 0 Å². The van der Waals surface area contributed by atoms with Crippen molar-refractivity contribution < 1.29 is 21.0 Å². The van der Waals surface area contributed by atoms with Gasteiger partial charge in [-0.05, 0) is 23.8 Å². The fraction of sp³-hybridized carbons (Fsp3) is 0.111. The Morgan fingerprint density at radius 2 is 1.65 bits per heavy atom. The Morgan fingerprint density at radius 1 is 1.12 bits per heavy atom. The second kappa shape index (κ2) is 4.86. The van der Waals surface area contributed by atoms with Crippen molar-refractivity contribution >= 4 is 26.2 Å². The van der Waals surface area contributed by atoms with Crippen LogP contribution in [-0.2, 0) is 20.1 Å². The van der Waals surface area contributed by atoms with Crippen molar-refractivity contribution in [3.05, 3.63) is 35.2 Å². The SMILES string of the molecule is CS(=O)(=O)Oc1ccc(/C=C/S(N)(=O)=O)cc1. The molecule has 0 fully saturated rings. The van der Waals surface area contributed by atoms with E-state index in [0.29, 0.717) is 5.56 Å². The molecule has 0 aromatic heterocycles. The van der Waals surface area contributed by atoms with Gasteiger partial charge in [-0.2, -0.15) is 8.42 Å². The van der Waals surface area contributed by atoms with Crippen LogP contribution in [0.1, 0.15) is 5.56 Å². The molecular formula is C9H11NO5S2. The Morgan fingerprint density at radius 3 is 2.06 bits per heavy atom. The third kappa shape index (κ3) is 6.05. The van der Waals surface area contributed by atoms with Crippen LogP contribution in [0.25, 0.3) is 6.08 Å². The van der Waals surface area contributed by atoms with Crippen molar-refractivity contribution in [3.63, 3.8) is 0 Å². The van der Waals surface area contributed by atoms with Gasteiger partial charge in [0.25, 0.3) is 0 Å². The van der Waals surface area contributed by atoms with E-state index in [2.05, 4.69) is 4.18 Å². The van der Waals surface area contributed by atoms with Gasteiger partial charge in [0.15, 0.2) is 0 Å². The van der Waals surface area contributed by atoms with E-state index in [1.54, 1.807) is 0 Å². The summed E-state index contributed by atoms with van der Waals surface area (Å²) in [7, 11) is -7.23. The fourth-order valence-corrected chi connectivity index (χ4v) is 1.79. The number of benzene rings is 1. The molecule has 0 aliphatic heterocycles. The Hall–Kier alpha value is -1.38. The first kappa shape index (κ1) is 13.7. The summed E-state index contributed by atoms with van der Waals surface area (Å²) in [6.45, 7) is 0. The Bertz CT molecular complexity index is 614. The van der Waals surface area contributed by atoms with Gasteiger partial charge in [-0.25, -0.2) is 13.6 Å². The van der Waals surface area contributed by atoms with E-state index in [-0.39, 0.29) is 5.75 Å². The van der Waals surface area contributed by atoms with Crippen LogP contribution in [0, 0.1) is 0 Å². The summed E-state index contributed by atoms with van der Waals surface area (Å²) in [5.74, 6) is 0.153. The Labute approximate surface area is 99.9 Å². The minimum Gasteiger partial charge on any atom is -0.383 e. The molecule has 0 aliphatic carbocycles. The standard InChI is InChI=1S/C9H11NO5S2/c1-16(11,12)15-9-4-2-8(3-5-9)6-7-17(10,13)14/h2-7H,1H3,(H2,10,13,14)/b7-6+. The van der Waals surface area contributed by atoms with Gasteiger partial charge < -0.3 is 4.18 Å². The first-order valence-corrected chi connectivity index (χ1v) is 7.79. The van der Waals surface area contributed by atoms with Crippen LogP contribution in [0.2, 0.25) is 0 Å². The second-order valence-corrected chi connectivity index (χ2v) is 6.27. The van der Waals surface area contributed by atoms with Crippen molar-refractivity contribution in [2.45, 2.75) is 0 Å². The van der Waals surface area contributed by atoms with Gasteiger partial charge >= 0.3 is 10.1 Å². The van der Waals surface area contributed by atoms with Crippen molar-refractivity contribution in [2.75, 3.05) is 6.26 Å². The zero-order valence-electron chi connectivity index (χ0n) is 8.90. The van der Waals surface area contributed by atoms with Crippen molar-refractivity contribution in [1.29, 1.82) is 0 Å². The maximum absolute atomic E-state index is 10.8. The van der Waals surface area contributed by atoms with Gasteiger partial charge in [-0.3, -0.25) is 0 Å². The molecule has 6 nitrogen and oxygen atoms in total. The first-order chi connectivity index (χ1) is 7.66. The van der Waals surface area contributed by atoms with Crippen LogP contribution in [0.4, 0.5) is 0 Å². The molecule has 0 unspecified atom stereocenters. The summed E-state index contributed by atoms with van der Waals surface area (Å²) in [5.41, 5.74) is 0.555. The van der Waals surface area contributed by atoms with Crippen LogP contribution in [0.15, 0.2) is 29.7 Å².